The molecule has 3 N–H and O–H groups in total. The summed E-state index contributed by atoms with van der Waals surface area (Å²) in [5, 5.41) is 8.92. The first-order valence-corrected chi connectivity index (χ1v) is 5.48. The highest BCUT2D eigenvalue weighted by atomic mass is 35.5. The van der Waals surface area contributed by atoms with Crippen LogP contribution in [0, 0.1) is 0 Å². The Morgan fingerprint density at radius 1 is 1.50 bits per heavy atom. The fourth-order valence-corrected chi connectivity index (χ4v) is 2.13. The first-order chi connectivity index (χ1) is 7.60. The lowest BCUT2D eigenvalue weighted by Gasteiger charge is -2.17. The number of nitrogens with zero attached hydrogens (tertiary/aromatic N) is 1. The van der Waals surface area contributed by atoms with E-state index in [0.717, 1.165) is 0 Å². The van der Waals surface area contributed by atoms with Crippen molar-refractivity contribution in [2.75, 3.05) is 17.2 Å². The Bertz CT molecular complexity index is 422. The van der Waals surface area contributed by atoms with E-state index in [2.05, 4.69) is 0 Å². The molecule has 1 aliphatic heterocycles. The molecule has 0 bridgehead atoms. The Labute approximate surface area is 98.6 Å². The van der Waals surface area contributed by atoms with Crippen LogP contribution in [0.5, 0.6) is 0 Å². The van der Waals surface area contributed by atoms with E-state index in [4.69, 9.17) is 22.4 Å². The summed E-state index contributed by atoms with van der Waals surface area (Å²) in [7, 11) is 0. The highest BCUT2D eigenvalue weighted by Crippen LogP contribution is 2.27. The number of halogens is 1. The molecule has 0 aliphatic carbocycles. The van der Waals surface area contributed by atoms with Crippen LogP contribution >= 0.6 is 11.6 Å². The lowest BCUT2D eigenvalue weighted by molar-refractivity contribution is -0.117. The predicted molar refractivity (Wildman–Crippen MR) is 63.4 cm³/mol. The number of nitrogens with two attached hydrogens (primary N) is 1. The second kappa shape index (κ2) is 4.31. The van der Waals surface area contributed by atoms with Gasteiger partial charge in [0.15, 0.2) is 0 Å². The van der Waals surface area contributed by atoms with Crippen LogP contribution in [0.25, 0.3) is 0 Å². The van der Waals surface area contributed by atoms with E-state index in [9.17, 15) is 4.79 Å². The predicted octanol–water partition coefficient (Wildman–Crippen LogP) is 1.11. The molecule has 0 saturated carbocycles. The minimum absolute atomic E-state index is 0.00510. The summed E-state index contributed by atoms with van der Waals surface area (Å²) >= 11 is 5.92. The van der Waals surface area contributed by atoms with E-state index in [1.165, 1.54) is 0 Å². The van der Waals surface area contributed by atoms with Gasteiger partial charge in [-0.3, -0.25) is 4.79 Å². The molecule has 1 fully saturated rings. The average Bonchev–Trinajstić information content (AvgIpc) is 2.57. The first-order valence-electron chi connectivity index (χ1n) is 5.05. The SMILES string of the molecule is Nc1cc(CO)cc(N2CC(Cl)CC2=O)c1. The Hall–Kier alpha value is -1.26. The quantitative estimate of drug-likeness (QED) is 0.601. The zero-order valence-electron chi connectivity index (χ0n) is 8.69. The van der Waals surface area contributed by atoms with Gasteiger partial charge in [0.25, 0.3) is 0 Å². The van der Waals surface area contributed by atoms with Crippen molar-refractivity contribution in [3.63, 3.8) is 0 Å². The molecule has 1 amide bonds. The number of anilines is 2. The largest absolute Gasteiger partial charge is 0.399 e. The molecule has 5 heteroatoms. The Morgan fingerprint density at radius 3 is 2.81 bits per heavy atom. The molecule has 1 saturated heterocycles. The Balaban J connectivity index is 2.33. The van der Waals surface area contributed by atoms with Crippen LogP contribution in [-0.4, -0.2) is 22.9 Å². The minimum Gasteiger partial charge on any atom is -0.399 e. The number of amides is 1. The van der Waals surface area contributed by atoms with Gasteiger partial charge in [-0.1, -0.05) is 0 Å². The number of aliphatic hydroxyl groups excluding tert-OH is 1. The van der Waals surface area contributed by atoms with Gasteiger partial charge in [0.1, 0.15) is 0 Å². The van der Waals surface area contributed by atoms with Crippen LogP contribution < -0.4 is 10.6 Å². The number of hydrogen-bond donors (Lipinski definition) is 2. The molecular weight excluding hydrogens is 228 g/mol. The van der Waals surface area contributed by atoms with E-state index in [1.807, 2.05) is 0 Å². The van der Waals surface area contributed by atoms with Gasteiger partial charge in [0.05, 0.1) is 12.0 Å². The molecule has 2 rings (SSSR count). The number of rotatable bonds is 2. The van der Waals surface area contributed by atoms with Gasteiger partial charge >= 0.3 is 0 Å². The maximum absolute atomic E-state index is 11.6. The highest BCUT2D eigenvalue weighted by Gasteiger charge is 2.29. The fourth-order valence-electron chi connectivity index (χ4n) is 1.86. The van der Waals surface area contributed by atoms with Crippen molar-refractivity contribution in [2.24, 2.45) is 0 Å². The number of carbonyl (C=O) groups is 1. The fraction of sp³-hybridized carbons (Fsp3) is 0.364. The van der Waals surface area contributed by atoms with Crippen molar-refractivity contribution in [1.82, 2.24) is 0 Å². The molecule has 1 aliphatic rings. The smallest absolute Gasteiger partial charge is 0.228 e. The lowest BCUT2D eigenvalue weighted by atomic mass is 10.1. The van der Waals surface area contributed by atoms with Crippen molar-refractivity contribution in [2.45, 2.75) is 18.4 Å². The maximum atomic E-state index is 11.6. The number of nitrogen functional groups attached to an aromatic ring is 1. The molecular formula is C11H13ClN2O2. The third kappa shape index (κ3) is 2.13. The number of carbonyl (C=O) groups excluding carboxylic acids is 1. The second-order valence-corrected chi connectivity index (χ2v) is 4.51. The van der Waals surface area contributed by atoms with Gasteiger partial charge in [-0.25, -0.2) is 0 Å². The van der Waals surface area contributed by atoms with Crippen LogP contribution in [0.4, 0.5) is 11.4 Å². The normalized spacial score (nSPS) is 20.5. The molecule has 1 aromatic carbocycles. The van der Waals surface area contributed by atoms with Crippen molar-refractivity contribution in [3.05, 3.63) is 23.8 Å². The molecule has 0 spiro atoms. The number of aliphatic hydroxyl groups is 1. The molecule has 0 aromatic heterocycles. The van der Waals surface area contributed by atoms with E-state index in [1.54, 1.807) is 23.1 Å². The monoisotopic (exact) mass is 240 g/mol. The summed E-state index contributed by atoms with van der Waals surface area (Å²) in [6.07, 6.45) is 0.352. The third-order valence-corrected chi connectivity index (χ3v) is 2.86. The van der Waals surface area contributed by atoms with Crippen molar-refractivity contribution in [1.29, 1.82) is 0 Å². The summed E-state index contributed by atoms with van der Waals surface area (Å²) in [6.45, 7) is 0.402. The standard InChI is InChI=1S/C11H13ClN2O2/c12-8-3-11(16)14(5-8)10-2-7(6-15)1-9(13)4-10/h1-2,4,8,15H,3,5-6,13H2. The second-order valence-electron chi connectivity index (χ2n) is 3.90. The highest BCUT2D eigenvalue weighted by molar-refractivity contribution is 6.24. The molecule has 16 heavy (non-hydrogen) atoms. The minimum atomic E-state index is -0.147. The van der Waals surface area contributed by atoms with Crippen molar-refractivity contribution >= 4 is 28.9 Å². The summed E-state index contributed by atoms with van der Waals surface area (Å²) < 4.78 is 0. The van der Waals surface area contributed by atoms with Crippen molar-refractivity contribution < 1.29 is 9.90 Å². The first kappa shape index (κ1) is 11.2. The molecule has 4 nitrogen and oxygen atoms in total. The van der Waals surface area contributed by atoms with Gasteiger partial charge in [0, 0.05) is 24.3 Å². The van der Waals surface area contributed by atoms with E-state index >= 15 is 0 Å². The molecule has 1 aromatic rings. The Kier molecular flexibility index (Phi) is 3.03. The topological polar surface area (TPSA) is 66.6 Å². The maximum Gasteiger partial charge on any atom is 0.228 e. The van der Waals surface area contributed by atoms with Crippen molar-refractivity contribution in [3.8, 4) is 0 Å². The van der Waals surface area contributed by atoms with E-state index < -0.39 is 0 Å². The molecule has 1 unspecified atom stereocenters. The van der Waals surface area contributed by atoms with Crippen LogP contribution in [0.1, 0.15) is 12.0 Å². The van der Waals surface area contributed by atoms with Crippen LogP contribution in [0.3, 0.4) is 0 Å². The zero-order valence-corrected chi connectivity index (χ0v) is 9.44. The van der Waals surface area contributed by atoms with Gasteiger partial charge in [-0.2, -0.15) is 0 Å². The zero-order chi connectivity index (χ0) is 11.7. The van der Waals surface area contributed by atoms with Gasteiger partial charge in [-0.05, 0) is 23.8 Å². The summed E-state index contributed by atoms with van der Waals surface area (Å²) in [4.78, 5) is 13.2. The summed E-state index contributed by atoms with van der Waals surface area (Å²) in [5.41, 5.74) is 7.64. The van der Waals surface area contributed by atoms with Gasteiger partial charge in [0.2, 0.25) is 5.91 Å². The van der Waals surface area contributed by atoms with Gasteiger partial charge in [-0.15, -0.1) is 11.6 Å². The lowest BCUT2D eigenvalue weighted by Crippen LogP contribution is -2.24. The number of benzene rings is 1. The van der Waals surface area contributed by atoms with Crippen LogP contribution in [-0.2, 0) is 11.4 Å². The summed E-state index contributed by atoms with van der Waals surface area (Å²) in [5.74, 6) is -0.00510. The van der Waals surface area contributed by atoms with Crippen LogP contribution in [0.15, 0.2) is 18.2 Å². The van der Waals surface area contributed by atoms with E-state index in [-0.39, 0.29) is 17.9 Å². The number of alkyl halides is 1. The third-order valence-electron chi connectivity index (χ3n) is 2.57. The average molecular weight is 241 g/mol. The Morgan fingerprint density at radius 2 is 2.25 bits per heavy atom. The van der Waals surface area contributed by atoms with Crippen LogP contribution in [0.2, 0.25) is 0 Å². The molecule has 0 radical (unpaired) electrons. The number of hydrogen-bond acceptors (Lipinski definition) is 3. The molecule has 1 heterocycles. The summed E-state index contributed by atoms with van der Waals surface area (Å²) in [6, 6.07) is 5.15. The van der Waals surface area contributed by atoms with E-state index in [0.29, 0.717) is 29.9 Å². The molecule has 1 atom stereocenters. The van der Waals surface area contributed by atoms with Gasteiger partial charge < -0.3 is 15.7 Å². The molecule has 86 valence electrons.